The molecule has 7 rings (SSSR count). The number of carbonyl (C=O) groups excluding carboxylic acids is 9. The van der Waals surface area contributed by atoms with E-state index in [1.165, 1.54) is 55.5 Å². The number of phenols is 2. The van der Waals surface area contributed by atoms with Crippen LogP contribution in [0.15, 0.2) is 127 Å². The van der Waals surface area contributed by atoms with Crippen LogP contribution in [0.3, 0.4) is 0 Å². The standard InChI is InChI=1S/C60H70ClN11O12S2/c1-33(73)50-58(83)70-49(55(80)66-45(51(64)76)27-36-13-21-42(74)22-14-36)32-86-85-31-48(69-53(78)44(63)26-34-9-17-40(61)18-10-34)56(81)67-46(28-37-15-23-43(75)24-16-37)54(79)68-47(57(82)72-60(59(84)71-50)30-39(60)8-5-25-62)29-35-11-19-41(20-12-35)65-52(77)38-6-3-2-4-7-38/h2-4,6-7,9-24,33,39,44-50,73-75H,5,8,25-32,62-63H2,1H3,(H2,64,76)(H,65,77)(H,66,80)(H,67,81)(H,68,79)(H,69,78)(H,70,83)(H,71,84)(H,72,82)/t33-,39+,44+,45?,46+,47-,48-,49+,50+,60?/m1/s1. The van der Waals surface area contributed by atoms with Gasteiger partial charge in [-0.3, -0.25) is 43.2 Å². The van der Waals surface area contributed by atoms with E-state index in [2.05, 4.69) is 42.5 Å². The number of nitrogens with one attached hydrogen (secondary N) is 8. The largest absolute Gasteiger partial charge is 0.508 e. The van der Waals surface area contributed by atoms with Crippen molar-refractivity contribution in [3.63, 3.8) is 0 Å². The van der Waals surface area contributed by atoms with Gasteiger partial charge >= 0.3 is 0 Å². The van der Waals surface area contributed by atoms with Crippen molar-refractivity contribution in [2.45, 2.75) is 106 Å². The number of nitrogens with two attached hydrogens (primary N) is 3. The Morgan fingerprint density at radius 2 is 1.26 bits per heavy atom. The third kappa shape index (κ3) is 18.6. The second kappa shape index (κ2) is 30.7. The van der Waals surface area contributed by atoms with E-state index in [4.69, 9.17) is 28.8 Å². The summed E-state index contributed by atoms with van der Waals surface area (Å²) in [6, 6.07) is 22.9. The Balaban J connectivity index is 1.26. The molecule has 86 heavy (non-hydrogen) atoms. The average molecular weight is 1240 g/mol. The number of amides is 9. The summed E-state index contributed by atoms with van der Waals surface area (Å²) in [7, 11) is 1.92. The summed E-state index contributed by atoms with van der Waals surface area (Å²) < 4.78 is 0. The number of carbonyl (C=O) groups is 9. The fourth-order valence-electron chi connectivity index (χ4n) is 9.56. The van der Waals surface area contributed by atoms with E-state index in [1.54, 1.807) is 78.9 Å². The number of aromatic hydroxyl groups is 2. The van der Waals surface area contributed by atoms with Crippen LogP contribution >= 0.6 is 33.2 Å². The van der Waals surface area contributed by atoms with Crippen LogP contribution in [-0.4, -0.2) is 140 Å². The van der Waals surface area contributed by atoms with Crippen molar-refractivity contribution >= 4 is 92.0 Å². The molecule has 10 atom stereocenters. The van der Waals surface area contributed by atoms with E-state index < -0.39 is 107 Å². The summed E-state index contributed by atoms with van der Waals surface area (Å²) in [5.41, 5.74) is 19.3. The molecule has 0 bridgehead atoms. The van der Waals surface area contributed by atoms with Crippen LogP contribution in [0.4, 0.5) is 5.69 Å². The minimum Gasteiger partial charge on any atom is -0.508 e. The van der Waals surface area contributed by atoms with E-state index >= 15 is 4.79 Å². The molecule has 0 radical (unpaired) electrons. The highest BCUT2D eigenvalue weighted by molar-refractivity contribution is 8.76. The van der Waals surface area contributed by atoms with Gasteiger partial charge in [-0.05, 0) is 128 Å². The van der Waals surface area contributed by atoms with Gasteiger partial charge in [-0.1, -0.05) is 99.9 Å². The monoisotopic (exact) mass is 1240 g/mol. The van der Waals surface area contributed by atoms with Crippen LogP contribution in [0.1, 0.15) is 58.8 Å². The van der Waals surface area contributed by atoms with Crippen molar-refractivity contribution < 1.29 is 58.5 Å². The molecule has 5 aromatic rings. The zero-order valence-corrected chi connectivity index (χ0v) is 49.2. The highest BCUT2D eigenvalue weighted by Crippen LogP contribution is 2.47. The Hall–Kier alpha value is -8.20. The third-order valence-electron chi connectivity index (χ3n) is 14.6. The lowest BCUT2D eigenvalue weighted by Gasteiger charge is -2.30. The van der Waals surface area contributed by atoms with E-state index in [1.807, 2.05) is 0 Å². The first kappa shape index (κ1) is 65.3. The molecule has 1 heterocycles. The van der Waals surface area contributed by atoms with Crippen LogP contribution in [0.2, 0.25) is 5.02 Å². The Kier molecular flexibility index (Phi) is 23.4. The summed E-state index contributed by atoms with van der Waals surface area (Å²) in [5.74, 6) is -8.82. The quantitative estimate of drug-likeness (QED) is 0.0520. The van der Waals surface area contributed by atoms with Gasteiger partial charge in [0.25, 0.3) is 5.91 Å². The fraction of sp³-hybridized carbons (Fsp3) is 0.350. The zero-order valence-electron chi connectivity index (χ0n) is 46.8. The van der Waals surface area contributed by atoms with E-state index in [9.17, 15) is 53.7 Å². The minimum absolute atomic E-state index is 0.0259. The first-order chi connectivity index (χ1) is 41.1. The Bertz CT molecular complexity index is 3210. The summed E-state index contributed by atoms with van der Waals surface area (Å²) in [6.45, 7) is 1.45. The first-order valence-corrected chi connectivity index (χ1v) is 30.6. The summed E-state index contributed by atoms with van der Waals surface area (Å²) in [4.78, 5) is 128. The van der Waals surface area contributed by atoms with Gasteiger partial charge in [0.2, 0.25) is 47.3 Å². The molecule has 5 aromatic carbocycles. The Labute approximate surface area is 509 Å². The number of anilines is 1. The van der Waals surface area contributed by atoms with Crippen molar-refractivity contribution in [1.82, 2.24) is 37.2 Å². The molecule has 2 aliphatic rings. The second-order valence-electron chi connectivity index (χ2n) is 21.2. The third-order valence-corrected chi connectivity index (χ3v) is 17.2. The molecule has 23 nitrogen and oxygen atoms in total. The van der Waals surface area contributed by atoms with Gasteiger partial charge in [-0.15, -0.1) is 0 Å². The Morgan fingerprint density at radius 3 is 1.86 bits per heavy atom. The number of hydrogen-bond acceptors (Lipinski definition) is 16. The van der Waals surface area contributed by atoms with Crippen molar-refractivity contribution in [3.8, 4) is 11.5 Å². The molecule has 456 valence electrons. The van der Waals surface area contributed by atoms with E-state index in [-0.39, 0.29) is 67.6 Å². The molecular formula is C60H70ClN11O12S2. The molecule has 1 saturated carbocycles. The molecule has 1 saturated heterocycles. The van der Waals surface area contributed by atoms with Gasteiger partial charge in [-0.2, -0.15) is 0 Å². The lowest BCUT2D eigenvalue weighted by atomic mass is 10.0. The van der Waals surface area contributed by atoms with Crippen LogP contribution in [0.5, 0.6) is 11.5 Å². The summed E-state index contributed by atoms with van der Waals surface area (Å²) in [6.07, 6.45) is -1.36. The number of halogens is 1. The number of rotatable bonds is 19. The highest BCUT2D eigenvalue weighted by Gasteiger charge is 2.61. The number of primary amides is 1. The van der Waals surface area contributed by atoms with Crippen molar-refractivity contribution in [3.05, 3.63) is 160 Å². The SMILES string of the molecule is C[C@@H](O)[C@@H]1NC(=O)C2(C[C@@H]2CCCN)NC(=O)[C@@H](Cc2ccc(NC(=O)c3ccccc3)cc2)NC(=O)[C@H](Cc2ccc(O)cc2)NC(=O)[C@H](NC(=O)[C@@H](N)Cc2ccc(Cl)cc2)CSSC[C@@H](C(=O)NC(Cc2ccc(O)cc2)C(N)=O)NC1=O. The van der Waals surface area contributed by atoms with Crippen molar-refractivity contribution in [1.29, 1.82) is 0 Å². The molecule has 1 aliphatic heterocycles. The molecule has 9 amide bonds. The maximum atomic E-state index is 15.1. The molecule has 2 fully saturated rings. The topological polar surface area (TPSA) is 389 Å². The maximum Gasteiger partial charge on any atom is 0.255 e. The maximum absolute atomic E-state index is 15.1. The van der Waals surface area contributed by atoms with Crippen LogP contribution in [0.25, 0.3) is 0 Å². The van der Waals surface area contributed by atoms with Crippen LogP contribution < -0.4 is 59.7 Å². The first-order valence-electron chi connectivity index (χ1n) is 27.7. The van der Waals surface area contributed by atoms with Crippen LogP contribution in [-0.2, 0) is 64.0 Å². The van der Waals surface area contributed by atoms with Gasteiger partial charge in [0.05, 0.1) is 12.1 Å². The van der Waals surface area contributed by atoms with Gasteiger partial charge in [0, 0.05) is 47.0 Å². The summed E-state index contributed by atoms with van der Waals surface area (Å²) in [5, 5.41) is 53.3. The molecular weight excluding hydrogens is 1170 g/mol. The van der Waals surface area contributed by atoms with Crippen molar-refractivity contribution in [2.24, 2.45) is 23.1 Å². The number of aliphatic hydroxyl groups is 1. The predicted molar refractivity (Wildman–Crippen MR) is 326 cm³/mol. The minimum atomic E-state index is -1.76. The van der Waals surface area contributed by atoms with Gasteiger partial charge in [0.15, 0.2) is 0 Å². The molecule has 2 unspecified atom stereocenters. The van der Waals surface area contributed by atoms with Crippen molar-refractivity contribution in [2.75, 3.05) is 23.4 Å². The Morgan fingerprint density at radius 1 is 0.698 bits per heavy atom. The number of phenolic OH excluding ortho intramolecular Hbond substituents is 2. The molecule has 26 heteroatoms. The number of hydrogen-bond donors (Lipinski definition) is 14. The summed E-state index contributed by atoms with van der Waals surface area (Å²) >= 11 is 6.10. The molecule has 17 N–H and O–H groups in total. The van der Waals surface area contributed by atoms with E-state index in [0.717, 1.165) is 21.6 Å². The van der Waals surface area contributed by atoms with E-state index in [0.29, 0.717) is 51.4 Å². The lowest BCUT2D eigenvalue weighted by Crippen LogP contribution is -2.63. The fourth-order valence-corrected chi connectivity index (χ4v) is 12.0. The average Bonchev–Trinajstić information content (AvgIpc) is 1.60. The van der Waals surface area contributed by atoms with Gasteiger partial charge < -0.3 is 75.1 Å². The highest BCUT2D eigenvalue weighted by atomic mass is 35.5. The predicted octanol–water partition coefficient (Wildman–Crippen LogP) is 1.39. The smallest absolute Gasteiger partial charge is 0.255 e. The molecule has 1 aliphatic carbocycles. The molecule has 0 aromatic heterocycles. The second-order valence-corrected chi connectivity index (χ2v) is 24.1. The number of benzene rings is 5. The van der Waals surface area contributed by atoms with Gasteiger partial charge in [-0.25, -0.2) is 0 Å². The van der Waals surface area contributed by atoms with Crippen LogP contribution in [0, 0.1) is 5.92 Å². The number of aliphatic hydroxyl groups excluding tert-OH is 1. The lowest BCUT2D eigenvalue weighted by molar-refractivity contribution is -0.137. The normalized spacial score (nSPS) is 22.5. The zero-order chi connectivity index (χ0) is 62.1. The molecule has 1 spiro atoms. The van der Waals surface area contributed by atoms with Gasteiger partial charge in [0.1, 0.15) is 53.3 Å².